The zero-order valence-corrected chi connectivity index (χ0v) is 25.7. The number of benzene rings is 2. The third-order valence-corrected chi connectivity index (χ3v) is 12.1. The number of hydrogen-bond donors (Lipinski definition) is 3. The van der Waals surface area contributed by atoms with Crippen LogP contribution in [-0.4, -0.2) is 63.7 Å². The summed E-state index contributed by atoms with van der Waals surface area (Å²) in [5.74, 6) is -4.10. The molecule has 3 N–H and O–H groups in total. The molecule has 2 aliphatic carbocycles. The van der Waals surface area contributed by atoms with Gasteiger partial charge in [0.2, 0.25) is 11.8 Å². The van der Waals surface area contributed by atoms with Gasteiger partial charge in [0, 0.05) is 21.7 Å². The Morgan fingerprint density at radius 2 is 1.80 bits per heavy atom. The van der Waals surface area contributed by atoms with Gasteiger partial charge in [0.15, 0.2) is 18.1 Å². The fourth-order valence-corrected chi connectivity index (χ4v) is 10.7. The average molecular weight is 654 g/mol. The van der Waals surface area contributed by atoms with Crippen molar-refractivity contribution >= 4 is 52.5 Å². The number of carboxylic acid groups (broad SMARTS) is 1. The quantitative estimate of drug-likeness (QED) is 0.310. The van der Waals surface area contributed by atoms with Gasteiger partial charge in [-0.15, -0.1) is 11.8 Å². The lowest BCUT2D eigenvalue weighted by Gasteiger charge is -2.43. The molecule has 7 unspecified atom stereocenters. The van der Waals surface area contributed by atoms with Gasteiger partial charge in [0.1, 0.15) is 11.9 Å². The third kappa shape index (κ3) is 4.73. The summed E-state index contributed by atoms with van der Waals surface area (Å²) in [5.41, 5.74) is 1.26. The van der Waals surface area contributed by atoms with Crippen molar-refractivity contribution in [3.05, 3.63) is 68.4 Å². The first-order valence-corrected chi connectivity index (χ1v) is 16.1. The number of H-pyrrole nitrogens is 1. The Bertz CT molecular complexity index is 1790. The minimum atomic E-state index is -1.24. The number of amides is 3. The highest BCUT2D eigenvalue weighted by molar-refractivity contribution is 8.00. The van der Waals surface area contributed by atoms with E-state index in [1.54, 1.807) is 6.07 Å². The monoisotopic (exact) mass is 653 g/mol. The standard InChI is InChI=1S/C31H28FN3O8S2/c1-12(30(39)40)35-28(37)23-16-10-17(24(23)29(35)38)25-22(16)21(26-27(44-25)34-31(41)45-26)13-3-8-18(19(9-13)42-2)43-11-20(36)33-15-6-4-14(32)5-7-15/h3-9,12,16-17,21-25H,10-11H2,1-2H3,(H,33,36)(H,34,41)(H,39,40)/t12?,16?,17?,21-,22?,23?,24?,25?/m1/s1. The molecule has 0 spiro atoms. The van der Waals surface area contributed by atoms with Crippen LogP contribution in [0.2, 0.25) is 0 Å². The number of halogens is 1. The number of imide groups is 1. The van der Waals surface area contributed by atoms with Crippen molar-refractivity contribution < 1.29 is 38.1 Å². The van der Waals surface area contributed by atoms with Crippen LogP contribution in [0.25, 0.3) is 0 Å². The number of aromatic nitrogens is 1. The summed E-state index contributed by atoms with van der Waals surface area (Å²) < 4.78 is 24.6. The van der Waals surface area contributed by atoms with Crippen LogP contribution in [-0.2, 0) is 19.2 Å². The molecule has 1 aromatic heterocycles. The number of anilines is 1. The number of aliphatic carboxylic acids is 1. The van der Waals surface area contributed by atoms with E-state index in [1.807, 2.05) is 12.1 Å². The topological polar surface area (TPSA) is 155 Å². The Morgan fingerprint density at radius 3 is 2.49 bits per heavy atom. The number of hydrogen-bond acceptors (Lipinski definition) is 9. The summed E-state index contributed by atoms with van der Waals surface area (Å²) in [6, 6.07) is 9.48. The van der Waals surface area contributed by atoms with Crippen LogP contribution in [0.3, 0.4) is 0 Å². The van der Waals surface area contributed by atoms with E-state index in [1.165, 1.54) is 50.1 Å². The number of carbonyl (C=O) groups is 4. The second kappa shape index (κ2) is 11.0. The molecule has 3 fully saturated rings. The first kappa shape index (κ1) is 29.5. The lowest BCUT2D eigenvalue weighted by Crippen LogP contribution is -2.44. The van der Waals surface area contributed by atoms with E-state index < -0.39 is 47.4 Å². The SMILES string of the molecule is COc1cc([C@H]2c3sc(=O)[nH]c3SC3C4CC(C5C(=O)N(C(C)C(=O)O)C(=O)C45)C32)ccc1OCC(=O)Nc1ccc(F)cc1. The largest absolute Gasteiger partial charge is 0.493 e. The highest BCUT2D eigenvalue weighted by Gasteiger charge is 2.70. The maximum absolute atomic E-state index is 13.6. The zero-order valence-electron chi connectivity index (χ0n) is 24.0. The van der Waals surface area contributed by atoms with Crippen molar-refractivity contribution in [2.45, 2.75) is 35.6 Å². The number of carbonyl (C=O) groups excluding carboxylic acids is 3. The molecule has 7 rings (SSSR count). The molecule has 8 atom stereocenters. The molecule has 2 aromatic carbocycles. The fraction of sp³-hybridized carbons (Fsp3) is 0.387. The van der Waals surface area contributed by atoms with E-state index in [2.05, 4.69) is 10.3 Å². The predicted octanol–water partition coefficient (Wildman–Crippen LogP) is 3.55. The highest BCUT2D eigenvalue weighted by atomic mass is 32.2. The van der Waals surface area contributed by atoms with Crippen molar-refractivity contribution in [2.75, 3.05) is 19.0 Å². The van der Waals surface area contributed by atoms with Crippen molar-refractivity contribution in [3.63, 3.8) is 0 Å². The molecule has 2 saturated carbocycles. The first-order valence-electron chi connectivity index (χ1n) is 14.4. The van der Waals surface area contributed by atoms with E-state index in [4.69, 9.17) is 9.47 Å². The molecular weight excluding hydrogens is 625 g/mol. The summed E-state index contributed by atoms with van der Waals surface area (Å²) in [7, 11) is 1.48. The van der Waals surface area contributed by atoms with Gasteiger partial charge in [-0.05, 0) is 73.1 Å². The molecule has 3 heterocycles. The highest BCUT2D eigenvalue weighted by Crippen LogP contribution is 2.68. The Labute approximate surface area is 264 Å². The van der Waals surface area contributed by atoms with Crippen LogP contribution in [0.5, 0.6) is 11.5 Å². The molecule has 1 saturated heterocycles. The van der Waals surface area contributed by atoms with Crippen LogP contribution >= 0.6 is 23.1 Å². The second-order valence-electron chi connectivity index (χ2n) is 11.8. The molecule has 2 aliphatic heterocycles. The van der Waals surface area contributed by atoms with Gasteiger partial charge < -0.3 is 24.9 Å². The first-order chi connectivity index (χ1) is 21.6. The molecule has 11 nitrogen and oxygen atoms in total. The summed E-state index contributed by atoms with van der Waals surface area (Å²) >= 11 is 2.66. The van der Waals surface area contributed by atoms with E-state index in [-0.39, 0.29) is 40.4 Å². The molecule has 2 bridgehead atoms. The van der Waals surface area contributed by atoms with Gasteiger partial charge >= 0.3 is 10.8 Å². The number of nitrogens with one attached hydrogen (secondary N) is 2. The average Bonchev–Trinajstić information content (AvgIpc) is 3.75. The summed E-state index contributed by atoms with van der Waals surface area (Å²) in [6.45, 7) is 1.03. The molecule has 4 aliphatic rings. The third-order valence-electron chi connectivity index (χ3n) is 9.54. The van der Waals surface area contributed by atoms with Crippen molar-refractivity contribution in [2.24, 2.45) is 29.6 Å². The molecule has 3 aromatic rings. The number of carboxylic acids is 1. The van der Waals surface area contributed by atoms with E-state index in [0.717, 1.165) is 31.7 Å². The number of nitrogens with zero attached hydrogens (tertiary/aromatic N) is 1. The maximum Gasteiger partial charge on any atom is 0.326 e. The second-order valence-corrected chi connectivity index (χ2v) is 14.0. The van der Waals surface area contributed by atoms with Gasteiger partial charge in [0.25, 0.3) is 5.91 Å². The lowest BCUT2D eigenvalue weighted by molar-refractivity contribution is -0.154. The zero-order chi connectivity index (χ0) is 31.7. The Kier molecular flexibility index (Phi) is 7.23. The van der Waals surface area contributed by atoms with E-state index in [9.17, 15) is 33.5 Å². The van der Waals surface area contributed by atoms with Gasteiger partial charge in [-0.25, -0.2) is 9.18 Å². The molecule has 234 valence electrons. The summed E-state index contributed by atoms with van der Waals surface area (Å²) in [5, 5.41) is 12.9. The van der Waals surface area contributed by atoms with Gasteiger partial charge in [-0.3, -0.25) is 24.1 Å². The number of rotatable bonds is 8. The van der Waals surface area contributed by atoms with Crippen molar-refractivity contribution in [3.8, 4) is 11.5 Å². The normalized spacial score (nSPS) is 28.3. The molecule has 45 heavy (non-hydrogen) atoms. The molecule has 0 radical (unpaired) electrons. The van der Waals surface area contributed by atoms with Crippen molar-refractivity contribution in [1.29, 1.82) is 0 Å². The van der Waals surface area contributed by atoms with Crippen LogP contribution < -0.4 is 19.7 Å². The van der Waals surface area contributed by atoms with Crippen molar-refractivity contribution in [1.82, 2.24) is 9.88 Å². The molecule has 3 amide bonds. The van der Waals surface area contributed by atoms with Gasteiger partial charge in [0.05, 0.1) is 24.0 Å². The Hall–Kier alpha value is -4.17. The number of thioether (sulfide) groups is 1. The molecule has 14 heteroatoms. The number of likely N-dealkylation sites (tertiary alicyclic amines) is 1. The number of fused-ring (bicyclic) bond motifs is 9. The number of thiazole rings is 1. The maximum atomic E-state index is 13.6. The summed E-state index contributed by atoms with van der Waals surface area (Å²) in [6.07, 6.45) is 0.668. The van der Waals surface area contributed by atoms with Crippen LogP contribution in [0, 0.1) is 35.4 Å². The summed E-state index contributed by atoms with van der Waals surface area (Å²) in [4.78, 5) is 68.4. The number of ether oxygens (including phenoxy) is 2. The predicted molar refractivity (Wildman–Crippen MR) is 161 cm³/mol. The lowest BCUT2D eigenvalue weighted by atomic mass is 9.68. The van der Waals surface area contributed by atoms with Crippen LogP contribution in [0.4, 0.5) is 10.1 Å². The minimum absolute atomic E-state index is 0.0621. The minimum Gasteiger partial charge on any atom is -0.493 e. The smallest absolute Gasteiger partial charge is 0.326 e. The fourth-order valence-electron chi connectivity index (χ4n) is 7.78. The van der Waals surface area contributed by atoms with E-state index in [0.29, 0.717) is 23.6 Å². The van der Waals surface area contributed by atoms with Crippen LogP contribution in [0.15, 0.2) is 52.3 Å². The van der Waals surface area contributed by atoms with Crippen LogP contribution in [0.1, 0.15) is 29.7 Å². The number of methoxy groups -OCH3 is 1. The Morgan fingerprint density at radius 1 is 1.09 bits per heavy atom. The Balaban J connectivity index is 1.18. The molecular formula is C31H28FN3O8S2. The van der Waals surface area contributed by atoms with E-state index >= 15 is 0 Å². The van der Waals surface area contributed by atoms with Gasteiger partial charge in [-0.1, -0.05) is 17.4 Å². The number of aromatic amines is 1. The van der Waals surface area contributed by atoms with Gasteiger partial charge in [-0.2, -0.15) is 0 Å².